The zero-order valence-corrected chi connectivity index (χ0v) is 11.8. The van der Waals surface area contributed by atoms with Gasteiger partial charge in [-0.1, -0.05) is 12.1 Å². The highest BCUT2D eigenvalue weighted by molar-refractivity contribution is 5.74. The molecular weight excluding hydrogens is 252 g/mol. The largest absolute Gasteiger partial charge is 0.370 e. The van der Waals surface area contributed by atoms with Gasteiger partial charge in [0, 0.05) is 36.6 Å². The molecule has 0 bridgehead atoms. The zero-order valence-electron chi connectivity index (χ0n) is 11.8. The predicted octanol–water partition coefficient (Wildman–Crippen LogP) is 1.79. The highest BCUT2D eigenvalue weighted by atomic mass is 16.1. The maximum Gasteiger partial charge on any atom is 0.218 e. The number of benzene rings is 1. The summed E-state index contributed by atoms with van der Waals surface area (Å²) in [6.45, 7) is 4.03. The average molecular weight is 272 g/mol. The number of nitrogens with one attached hydrogen (secondary N) is 1. The first-order chi connectivity index (χ1) is 9.56. The summed E-state index contributed by atoms with van der Waals surface area (Å²) in [6.07, 6.45) is 5.78. The molecule has 5 nitrogen and oxygen atoms in total. The van der Waals surface area contributed by atoms with Crippen LogP contribution in [0, 0.1) is 0 Å². The third-order valence-corrected chi connectivity index (χ3v) is 3.24. The molecule has 0 saturated heterocycles. The Hall–Kier alpha value is -2.14. The van der Waals surface area contributed by atoms with Crippen molar-refractivity contribution in [2.75, 3.05) is 0 Å². The van der Waals surface area contributed by atoms with Crippen LogP contribution in [0.1, 0.15) is 31.9 Å². The van der Waals surface area contributed by atoms with Gasteiger partial charge >= 0.3 is 0 Å². The molecule has 5 heteroatoms. The lowest BCUT2D eigenvalue weighted by Crippen LogP contribution is -2.32. The maximum absolute atomic E-state index is 10.9. The van der Waals surface area contributed by atoms with Crippen LogP contribution in [0.3, 0.4) is 0 Å². The van der Waals surface area contributed by atoms with E-state index in [0.717, 1.165) is 5.69 Å². The molecule has 0 fully saturated rings. The summed E-state index contributed by atoms with van der Waals surface area (Å²) in [7, 11) is 0. The van der Waals surface area contributed by atoms with Crippen LogP contribution in [0.4, 0.5) is 0 Å². The number of nitrogens with zero attached hydrogens (tertiary/aromatic N) is 2. The molecule has 1 aromatic heterocycles. The van der Waals surface area contributed by atoms with E-state index in [-0.39, 0.29) is 18.0 Å². The SMILES string of the molecule is CC(CC(N)=O)NC(C)c1ccc(-n2ccnc2)cc1. The summed E-state index contributed by atoms with van der Waals surface area (Å²) >= 11 is 0. The van der Waals surface area contributed by atoms with Gasteiger partial charge in [-0.25, -0.2) is 4.98 Å². The highest BCUT2D eigenvalue weighted by Crippen LogP contribution is 2.16. The Morgan fingerprint density at radius 3 is 2.60 bits per heavy atom. The first-order valence-electron chi connectivity index (χ1n) is 6.69. The average Bonchev–Trinajstić information content (AvgIpc) is 2.91. The van der Waals surface area contributed by atoms with Crippen LogP contribution in [-0.4, -0.2) is 21.5 Å². The fraction of sp³-hybridized carbons (Fsp3) is 0.333. The maximum atomic E-state index is 10.9. The molecule has 0 aliphatic rings. The number of nitrogens with two attached hydrogens (primary N) is 1. The van der Waals surface area contributed by atoms with Gasteiger partial charge in [0.2, 0.25) is 5.91 Å². The molecule has 2 aromatic rings. The van der Waals surface area contributed by atoms with Crippen molar-refractivity contribution in [3.8, 4) is 5.69 Å². The number of rotatable bonds is 6. The van der Waals surface area contributed by atoms with E-state index in [0.29, 0.717) is 6.42 Å². The molecule has 3 N–H and O–H groups in total. The number of amides is 1. The fourth-order valence-corrected chi connectivity index (χ4v) is 2.23. The van der Waals surface area contributed by atoms with Crippen LogP contribution in [-0.2, 0) is 4.79 Å². The minimum absolute atomic E-state index is 0.0656. The first kappa shape index (κ1) is 14.3. The Bertz CT molecular complexity index is 548. The fourth-order valence-electron chi connectivity index (χ4n) is 2.23. The number of aromatic nitrogens is 2. The van der Waals surface area contributed by atoms with Gasteiger partial charge in [-0.3, -0.25) is 4.79 Å². The monoisotopic (exact) mass is 272 g/mol. The van der Waals surface area contributed by atoms with E-state index < -0.39 is 0 Å². The summed E-state index contributed by atoms with van der Waals surface area (Å²) in [4.78, 5) is 14.9. The number of hydrogen-bond acceptors (Lipinski definition) is 3. The molecule has 0 spiro atoms. The van der Waals surface area contributed by atoms with Gasteiger partial charge in [0.25, 0.3) is 0 Å². The van der Waals surface area contributed by atoms with E-state index in [2.05, 4.69) is 29.4 Å². The molecular formula is C15H20N4O. The Morgan fingerprint density at radius 2 is 2.05 bits per heavy atom. The molecule has 20 heavy (non-hydrogen) atoms. The van der Waals surface area contributed by atoms with Crippen molar-refractivity contribution in [1.29, 1.82) is 0 Å². The number of carbonyl (C=O) groups is 1. The zero-order chi connectivity index (χ0) is 14.5. The van der Waals surface area contributed by atoms with E-state index >= 15 is 0 Å². The van der Waals surface area contributed by atoms with Crippen LogP contribution in [0.25, 0.3) is 5.69 Å². The van der Waals surface area contributed by atoms with Crippen molar-refractivity contribution in [2.24, 2.45) is 5.73 Å². The van der Waals surface area contributed by atoms with Crippen molar-refractivity contribution in [3.63, 3.8) is 0 Å². The molecule has 1 amide bonds. The molecule has 106 valence electrons. The van der Waals surface area contributed by atoms with E-state index in [9.17, 15) is 4.79 Å². The summed E-state index contributed by atoms with van der Waals surface area (Å²) in [6, 6.07) is 8.48. The van der Waals surface area contributed by atoms with E-state index in [4.69, 9.17) is 5.73 Å². The molecule has 0 radical (unpaired) electrons. The smallest absolute Gasteiger partial charge is 0.218 e. The van der Waals surface area contributed by atoms with E-state index in [1.165, 1.54) is 5.56 Å². The van der Waals surface area contributed by atoms with Crippen LogP contribution < -0.4 is 11.1 Å². The van der Waals surface area contributed by atoms with Crippen LogP contribution in [0.2, 0.25) is 0 Å². The summed E-state index contributed by atoms with van der Waals surface area (Å²) < 4.78 is 1.96. The van der Waals surface area contributed by atoms with Crippen molar-refractivity contribution >= 4 is 5.91 Å². The molecule has 0 saturated carbocycles. The standard InChI is InChI=1S/C15H20N4O/c1-11(9-15(16)20)18-12(2)13-3-5-14(6-4-13)19-8-7-17-10-19/h3-8,10-12,18H,9H2,1-2H3,(H2,16,20). The Labute approximate surface area is 118 Å². The normalized spacial score (nSPS) is 13.9. The third-order valence-electron chi connectivity index (χ3n) is 3.24. The Morgan fingerprint density at radius 1 is 1.35 bits per heavy atom. The number of hydrogen-bond donors (Lipinski definition) is 2. The molecule has 1 aromatic carbocycles. The van der Waals surface area contributed by atoms with Crippen LogP contribution >= 0.6 is 0 Å². The topological polar surface area (TPSA) is 72.9 Å². The minimum Gasteiger partial charge on any atom is -0.370 e. The lowest BCUT2D eigenvalue weighted by Gasteiger charge is -2.19. The second kappa shape index (κ2) is 6.34. The van der Waals surface area contributed by atoms with Gasteiger partial charge in [0.05, 0.1) is 6.33 Å². The Kier molecular flexibility index (Phi) is 4.53. The molecule has 2 rings (SSSR count). The highest BCUT2D eigenvalue weighted by Gasteiger charge is 2.11. The summed E-state index contributed by atoms with van der Waals surface area (Å²) in [5, 5.41) is 3.36. The molecule has 2 unspecified atom stereocenters. The minimum atomic E-state index is -0.285. The quantitative estimate of drug-likeness (QED) is 0.842. The molecule has 2 atom stereocenters. The molecule has 1 heterocycles. The molecule has 0 aliphatic carbocycles. The number of imidazole rings is 1. The lowest BCUT2D eigenvalue weighted by atomic mass is 10.1. The van der Waals surface area contributed by atoms with E-state index in [1.807, 2.05) is 29.8 Å². The van der Waals surface area contributed by atoms with Gasteiger partial charge < -0.3 is 15.6 Å². The Balaban J connectivity index is 2.00. The van der Waals surface area contributed by atoms with Gasteiger partial charge in [0.15, 0.2) is 0 Å². The van der Waals surface area contributed by atoms with Crippen molar-refractivity contribution in [1.82, 2.24) is 14.9 Å². The van der Waals surface area contributed by atoms with Crippen molar-refractivity contribution < 1.29 is 4.79 Å². The van der Waals surface area contributed by atoms with Gasteiger partial charge in [-0.2, -0.15) is 0 Å². The van der Waals surface area contributed by atoms with Crippen LogP contribution in [0.15, 0.2) is 43.0 Å². The van der Waals surface area contributed by atoms with Crippen LogP contribution in [0.5, 0.6) is 0 Å². The first-order valence-corrected chi connectivity index (χ1v) is 6.69. The van der Waals surface area contributed by atoms with Gasteiger partial charge in [-0.15, -0.1) is 0 Å². The van der Waals surface area contributed by atoms with Gasteiger partial charge in [-0.05, 0) is 31.5 Å². The van der Waals surface area contributed by atoms with Crippen molar-refractivity contribution in [3.05, 3.63) is 48.5 Å². The summed E-state index contributed by atoms with van der Waals surface area (Å²) in [5.74, 6) is -0.285. The summed E-state index contributed by atoms with van der Waals surface area (Å²) in [5.41, 5.74) is 7.44. The van der Waals surface area contributed by atoms with Gasteiger partial charge in [0.1, 0.15) is 0 Å². The lowest BCUT2D eigenvalue weighted by molar-refractivity contribution is -0.118. The second-order valence-corrected chi connectivity index (χ2v) is 5.02. The number of primary amides is 1. The number of carbonyl (C=O) groups excluding carboxylic acids is 1. The third kappa shape index (κ3) is 3.68. The van der Waals surface area contributed by atoms with E-state index in [1.54, 1.807) is 12.5 Å². The van der Waals surface area contributed by atoms with Crippen molar-refractivity contribution in [2.45, 2.75) is 32.4 Å². The molecule has 0 aliphatic heterocycles. The predicted molar refractivity (Wildman–Crippen MR) is 78.4 cm³/mol. The second-order valence-electron chi connectivity index (χ2n) is 5.02.